The maximum atomic E-state index is 12.4. The van der Waals surface area contributed by atoms with Gasteiger partial charge in [-0.25, -0.2) is 9.97 Å². The molecule has 4 aromatic rings. The number of benzene rings is 2. The minimum Gasteiger partial charge on any atom is -0.325 e. The van der Waals surface area contributed by atoms with Crippen molar-refractivity contribution in [2.75, 3.05) is 17.3 Å². The van der Waals surface area contributed by atoms with Gasteiger partial charge in [-0.1, -0.05) is 48.2 Å². The second kappa shape index (κ2) is 8.77. The summed E-state index contributed by atoms with van der Waals surface area (Å²) in [5.41, 5.74) is 1.97. The van der Waals surface area contributed by atoms with Crippen molar-refractivity contribution >= 4 is 56.7 Å². The van der Waals surface area contributed by atoms with Crippen molar-refractivity contribution in [1.29, 1.82) is 0 Å². The van der Waals surface area contributed by atoms with Crippen molar-refractivity contribution in [3.05, 3.63) is 67.0 Å². The number of hydrogen-bond donors (Lipinski definition) is 1. The Balaban J connectivity index is 1.48. The lowest BCUT2D eigenvalue weighted by atomic mass is 10.2. The third-order valence-corrected chi connectivity index (χ3v) is 6.87. The molecular formula is C21H17N3OS3. The molecule has 0 atom stereocenters. The number of carbonyl (C=O) groups excluding carboxylic acids is 1. The van der Waals surface area contributed by atoms with Crippen LogP contribution in [0.1, 0.15) is 0 Å². The lowest BCUT2D eigenvalue weighted by Gasteiger charge is -2.06. The van der Waals surface area contributed by atoms with E-state index in [0.29, 0.717) is 5.75 Å². The quantitative estimate of drug-likeness (QED) is 0.313. The topological polar surface area (TPSA) is 54.9 Å². The smallest absolute Gasteiger partial charge is 0.234 e. The first-order valence-corrected chi connectivity index (χ1v) is 11.6. The third kappa shape index (κ3) is 4.38. The molecule has 0 bridgehead atoms. The third-order valence-electron chi connectivity index (χ3n) is 4.04. The molecule has 28 heavy (non-hydrogen) atoms. The zero-order chi connectivity index (χ0) is 19.3. The van der Waals surface area contributed by atoms with Crippen LogP contribution in [-0.2, 0) is 4.79 Å². The Bertz CT molecular complexity index is 1110. The van der Waals surface area contributed by atoms with E-state index in [1.807, 2.05) is 48.7 Å². The molecule has 2 aromatic heterocycles. The van der Waals surface area contributed by atoms with Gasteiger partial charge in [0.1, 0.15) is 16.2 Å². The Morgan fingerprint density at radius 1 is 1.07 bits per heavy atom. The van der Waals surface area contributed by atoms with Gasteiger partial charge in [-0.2, -0.15) is 0 Å². The summed E-state index contributed by atoms with van der Waals surface area (Å²) < 4.78 is 0. The Morgan fingerprint density at radius 3 is 2.75 bits per heavy atom. The molecule has 0 saturated heterocycles. The molecule has 0 aliphatic heterocycles. The van der Waals surface area contributed by atoms with E-state index in [1.165, 1.54) is 11.8 Å². The highest BCUT2D eigenvalue weighted by molar-refractivity contribution is 8.00. The standard InChI is InChI=1S/C21H17N3OS3/c1-26-16-9-5-8-15(10-16)24-19(25)12-27-20-17-11-18(14-6-3-2-4-7-14)28-21(17)23-13-22-20/h2-11,13H,12H2,1H3,(H,24,25). The molecule has 1 amide bonds. The number of rotatable bonds is 6. The van der Waals surface area contributed by atoms with Crippen LogP contribution in [0.2, 0.25) is 0 Å². The first-order chi connectivity index (χ1) is 13.7. The number of carbonyl (C=O) groups is 1. The van der Waals surface area contributed by atoms with Crippen LogP contribution in [0.3, 0.4) is 0 Å². The molecular weight excluding hydrogens is 406 g/mol. The largest absolute Gasteiger partial charge is 0.325 e. The molecule has 4 rings (SSSR count). The number of amides is 1. The van der Waals surface area contributed by atoms with Gasteiger partial charge in [0.2, 0.25) is 5.91 Å². The molecule has 2 heterocycles. The monoisotopic (exact) mass is 423 g/mol. The van der Waals surface area contributed by atoms with E-state index in [4.69, 9.17) is 0 Å². The summed E-state index contributed by atoms with van der Waals surface area (Å²) >= 11 is 4.72. The van der Waals surface area contributed by atoms with E-state index in [1.54, 1.807) is 29.4 Å². The zero-order valence-electron chi connectivity index (χ0n) is 15.1. The molecule has 0 saturated carbocycles. The minimum atomic E-state index is -0.0477. The molecule has 1 N–H and O–H groups in total. The number of aromatic nitrogens is 2. The highest BCUT2D eigenvalue weighted by Crippen LogP contribution is 2.36. The van der Waals surface area contributed by atoms with Gasteiger partial charge in [0.25, 0.3) is 0 Å². The van der Waals surface area contributed by atoms with Crippen LogP contribution in [0.25, 0.3) is 20.7 Å². The second-order valence-corrected chi connectivity index (χ2v) is 8.82. The van der Waals surface area contributed by atoms with Crippen LogP contribution in [0.15, 0.2) is 76.9 Å². The van der Waals surface area contributed by atoms with E-state index in [-0.39, 0.29) is 5.91 Å². The van der Waals surface area contributed by atoms with Crippen molar-refractivity contribution in [2.45, 2.75) is 9.92 Å². The lowest BCUT2D eigenvalue weighted by Crippen LogP contribution is -2.14. The Hall–Kier alpha value is -2.35. The molecule has 0 unspecified atom stereocenters. The normalized spacial score (nSPS) is 10.9. The molecule has 7 heteroatoms. The lowest BCUT2D eigenvalue weighted by molar-refractivity contribution is -0.113. The van der Waals surface area contributed by atoms with Crippen molar-refractivity contribution in [3.63, 3.8) is 0 Å². The average molecular weight is 424 g/mol. The predicted octanol–water partition coefficient (Wildman–Crippen LogP) is 5.81. The molecule has 0 radical (unpaired) electrons. The average Bonchev–Trinajstić information content (AvgIpc) is 3.18. The van der Waals surface area contributed by atoms with Crippen molar-refractivity contribution in [2.24, 2.45) is 0 Å². The summed E-state index contributed by atoms with van der Waals surface area (Å²) in [6.07, 6.45) is 3.58. The van der Waals surface area contributed by atoms with Crippen LogP contribution in [0.5, 0.6) is 0 Å². The van der Waals surface area contributed by atoms with Crippen LogP contribution < -0.4 is 5.32 Å². The summed E-state index contributed by atoms with van der Waals surface area (Å²) in [5, 5.41) is 4.78. The SMILES string of the molecule is CSc1cccc(NC(=O)CSc2ncnc3sc(-c4ccccc4)cc23)c1. The molecule has 4 nitrogen and oxygen atoms in total. The van der Waals surface area contributed by atoms with E-state index in [2.05, 4.69) is 33.5 Å². The zero-order valence-corrected chi connectivity index (χ0v) is 17.5. The molecule has 0 fully saturated rings. The van der Waals surface area contributed by atoms with Crippen LogP contribution in [0, 0.1) is 0 Å². The summed E-state index contributed by atoms with van der Waals surface area (Å²) in [6, 6.07) is 20.2. The number of thiophene rings is 1. The van der Waals surface area contributed by atoms with Gasteiger partial charge in [0.05, 0.1) is 5.75 Å². The Kier molecular flexibility index (Phi) is 5.95. The van der Waals surface area contributed by atoms with Crippen molar-refractivity contribution < 1.29 is 4.79 Å². The number of fused-ring (bicyclic) bond motifs is 1. The fraction of sp³-hybridized carbons (Fsp3) is 0.0952. The fourth-order valence-corrected chi connectivity index (χ4v) is 5.03. The van der Waals surface area contributed by atoms with Crippen LogP contribution in [-0.4, -0.2) is 27.9 Å². The number of hydrogen-bond acceptors (Lipinski definition) is 6. The fourth-order valence-electron chi connectivity index (χ4n) is 2.73. The maximum Gasteiger partial charge on any atom is 0.234 e. The van der Waals surface area contributed by atoms with Crippen LogP contribution in [0.4, 0.5) is 5.69 Å². The molecule has 0 aliphatic carbocycles. The van der Waals surface area contributed by atoms with E-state index in [9.17, 15) is 4.79 Å². The second-order valence-electron chi connectivity index (χ2n) is 5.94. The number of nitrogens with zero attached hydrogens (tertiary/aromatic N) is 2. The maximum absolute atomic E-state index is 12.4. The van der Waals surface area contributed by atoms with Gasteiger partial charge in [-0.3, -0.25) is 4.79 Å². The molecule has 140 valence electrons. The van der Waals surface area contributed by atoms with Crippen molar-refractivity contribution in [1.82, 2.24) is 9.97 Å². The van der Waals surface area contributed by atoms with E-state index >= 15 is 0 Å². The molecule has 0 aliphatic rings. The number of nitrogens with one attached hydrogen (secondary N) is 1. The number of anilines is 1. The Morgan fingerprint density at radius 2 is 1.93 bits per heavy atom. The summed E-state index contributed by atoms with van der Waals surface area (Å²) in [4.78, 5) is 24.4. The summed E-state index contributed by atoms with van der Waals surface area (Å²) in [6.45, 7) is 0. The van der Waals surface area contributed by atoms with Gasteiger partial charge in [0, 0.05) is 20.8 Å². The Labute approximate surface area is 175 Å². The predicted molar refractivity (Wildman–Crippen MR) is 120 cm³/mol. The van der Waals surface area contributed by atoms with Gasteiger partial charge in [0.15, 0.2) is 0 Å². The highest BCUT2D eigenvalue weighted by Gasteiger charge is 2.12. The molecule has 2 aromatic carbocycles. The van der Waals surface area contributed by atoms with Gasteiger partial charge in [-0.15, -0.1) is 23.1 Å². The first kappa shape index (κ1) is 19.0. The summed E-state index contributed by atoms with van der Waals surface area (Å²) in [5.74, 6) is 0.250. The van der Waals surface area contributed by atoms with E-state index < -0.39 is 0 Å². The summed E-state index contributed by atoms with van der Waals surface area (Å²) in [7, 11) is 0. The number of thioether (sulfide) groups is 2. The highest BCUT2D eigenvalue weighted by atomic mass is 32.2. The minimum absolute atomic E-state index is 0.0477. The van der Waals surface area contributed by atoms with Gasteiger partial charge in [-0.05, 0) is 36.1 Å². The van der Waals surface area contributed by atoms with Crippen LogP contribution >= 0.6 is 34.9 Å². The van der Waals surface area contributed by atoms with Crippen molar-refractivity contribution in [3.8, 4) is 10.4 Å². The first-order valence-electron chi connectivity index (χ1n) is 8.59. The molecule has 0 spiro atoms. The van der Waals surface area contributed by atoms with E-state index in [0.717, 1.165) is 36.3 Å². The van der Waals surface area contributed by atoms with Gasteiger partial charge < -0.3 is 5.32 Å². The van der Waals surface area contributed by atoms with Gasteiger partial charge >= 0.3 is 0 Å².